The highest BCUT2D eigenvalue weighted by atomic mass is 35.5. The Morgan fingerprint density at radius 3 is 2.70 bits per heavy atom. The van der Waals surface area contributed by atoms with E-state index in [-0.39, 0.29) is 0 Å². The van der Waals surface area contributed by atoms with E-state index in [1.54, 1.807) is 7.05 Å². The minimum Gasteiger partial charge on any atom is -0.351 e. The Hall–Kier alpha value is -2.38. The number of guanidine groups is 1. The number of aliphatic imine (C=N–C) groups is 1. The summed E-state index contributed by atoms with van der Waals surface area (Å²) in [7, 11) is 5.73. The molecule has 5 heteroatoms. The standard InChI is InChI=1S/C18H21ClN4/c1-20-18(21-11-7-10-15-8-5-4-6-9-15)23(3)14-17-12-16(19)13-22(17)2/h4-6,8-9,12-13H,11,14H2,1-3H3,(H,20,21). The molecule has 0 unspecified atom stereocenters. The van der Waals surface area contributed by atoms with Crippen molar-refractivity contribution in [3.8, 4) is 11.8 Å². The van der Waals surface area contributed by atoms with Crippen LogP contribution >= 0.6 is 11.6 Å². The molecule has 120 valence electrons. The summed E-state index contributed by atoms with van der Waals surface area (Å²) in [6.45, 7) is 1.26. The van der Waals surface area contributed by atoms with E-state index in [4.69, 9.17) is 11.6 Å². The first-order valence-electron chi connectivity index (χ1n) is 7.36. The lowest BCUT2D eigenvalue weighted by Crippen LogP contribution is -2.38. The summed E-state index contributed by atoms with van der Waals surface area (Å²) < 4.78 is 2.02. The molecular weight excluding hydrogens is 308 g/mol. The van der Waals surface area contributed by atoms with Crippen LogP contribution in [0.1, 0.15) is 11.3 Å². The van der Waals surface area contributed by atoms with Gasteiger partial charge >= 0.3 is 0 Å². The highest BCUT2D eigenvalue weighted by Gasteiger charge is 2.08. The molecule has 0 aliphatic heterocycles. The fourth-order valence-corrected chi connectivity index (χ4v) is 2.49. The fraction of sp³-hybridized carbons (Fsp3) is 0.278. The minimum atomic E-state index is 0.541. The zero-order valence-corrected chi connectivity index (χ0v) is 14.4. The third-order valence-electron chi connectivity index (χ3n) is 3.39. The molecule has 0 bridgehead atoms. The molecule has 1 aromatic heterocycles. The zero-order chi connectivity index (χ0) is 16.7. The number of aryl methyl sites for hydroxylation is 1. The van der Waals surface area contributed by atoms with Crippen molar-refractivity contribution >= 4 is 17.6 Å². The van der Waals surface area contributed by atoms with Gasteiger partial charge in [-0.15, -0.1) is 0 Å². The highest BCUT2D eigenvalue weighted by molar-refractivity contribution is 6.30. The summed E-state index contributed by atoms with van der Waals surface area (Å²) in [4.78, 5) is 6.32. The van der Waals surface area contributed by atoms with Crippen LogP contribution in [-0.2, 0) is 13.6 Å². The van der Waals surface area contributed by atoms with Crippen molar-refractivity contribution in [2.45, 2.75) is 6.54 Å². The summed E-state index contributed by atoms with van der Waals surface area (Å²) >= 11 is 6.02. The van der Waals surface area contributed by atoms with Crippen LogP contribution in [0, 0.1) is 11.8 Å². The first kappa shape index (κ1) is 17.0. The average molecular weight is 329 g/mol. The number of hydrogen-bond donors (Lipinski definition) is 1. The third kappa shape index (κ3) is 5.08. The van der Waals surface area contributed by atoms with E-state index in [1.807, 2.05) is 66.2 Å². The maximum Gasteiger partial charge on any atom is 0.194 e. The SMILES string of the molecule is CN=C(NCC#Cc1ccccc1)N(C)Cc1cc(Cl)cn1C. The number of benzene rings is 1. The molecule has 0 aliphatic rings. The van der Waals surface area contributed by atoms with Crippen molar-refractivity contribution in [3.63, 3.8) is 0 Å². The molecule has 0 saturated heterocycles. The maximum absolute atomic E-state index is 6.02. The van der Waals surface area contributed by atoms with Crippen LogP contribution in [-0.4, -0.2) is 36.1 Å². The Kier molecular flexibility index (Phi) is 6.13. The van der Waals surface area contributed by atoms with Gasteiger partial charge in [-0.2, -0.15) is 0 Å². The van der Waals surface area contributed by atoms with Crippen LogP contribution in [0.3, 0.4) is 0 Å². The molecule has 0 amide bonds. The van der Waals surface area contributed by atoms with Crippen LogP contribution in [0.15, 0.2) is 47.6 Å². The fourth-order valence-electron chi connectivity index (χ4n) is 2.22. The van der Waals surface area contributed by atoms with Crippen LogP contribution in [0.25, 0.3) is 0 Å². The number of rotatable bonds is 3. The summed E-state index contributed by atoms with van der Waals surface area (Å²) in [5, 5.41) is 3.99. The van der Waals surface area contributed by atoms with Gasteiger partial charge in [0.15, 0.2) is 5.96 Å². The van der Waals surface area contributed by atoms with E-state index in [1.165, 1.54) is 0 Å². The van der Waals surface area contributed by atoms with Crippen LogP contribution < -0.4 is 5.32 Å². The topological polar surface area (TPSA) is 32.6 Å². The van der Waals surface area contributed by atoms with Gasteiger partial charge in [0.25, 0.3) is 0 Å². The van der Waals surface area contributed by atoms with Gasteiger partial charge < -0.3 is 14.8 Å². The van der Waals surface area contributed by atoms with Crippen molar-refractivity contribution in [1.82, 2.24) is 14.8 Å². The summed E-state index contributed by atoms with van der Waals surface area (Å²) in [6.07, 6.45) is 1.90. The molecule has 1 aromatic carbocycles. The lowest BCUT2D eigenvalue weighted by molar-refractivity contribution is 0.465. The summed E-state index contributed by atoms with van der Waals surface area (Å²) in [6, 6.07) is 11.9. The molecule has 23 heavy (non-hydrogen) atoms. The van der Waals surface area contributed by atoms with Gasteiger partial charge in [0.05, 0.1) is 18.1 Å². The van der Waals surface area contributed by atoms with Gasteiger partial charge in [0.1, 0.15) is 0 Å². The molecule has 0 spiro atoms. The van der Waals surface area contributed by atoms with Gasteiger partial charge in [0, 0.05) is 38.6 Å². The van der Waals surface area contributed by atoms with Crippen molar-refractivity contribution in [3.05, 3.63) is 58.9 Å². The lowest BCUT2D eigenvalue weighted by atomic mass is 10.2. The average Bonchev–Trinajstić information content (AvgIpc) is 2.85. The number of nitrogens with zero attached hydrogens (tertiary/aromatic N) is 3. The van der Waals surface area contributed by atoms with Crippen LogP contribution in [0.4, 0.5) is 0 Å². The molecule has 1 N–H and O–H groups in total. The first-order valence-corrected chi connectivity index (χ1v) is 7.74. The van der Waals surface area contributed by atoms with Crippen LogP contribution in [0.2, 0.25) is 5.02 Å². The lowest BCUT2D eigenvalue weighted by Gasteiger charge is -2.21. The van der Waals surface area contributed by atoms with Gasteiger partial charge in [-0.1, -0.05) is 41.6 Å². The highest BCUT2D eigenvalue weighted by Crippen LogP contribution is 2.14. The Labute approximate surface area is 142 Å². The van der Waals surface area contributed by atoms with E-state index >= 15 is 0 Å². The Balaban J connectivity index is 1.90. The Morgan fingerprint density at radius 2 is 2.09 bits per heavy atom. The van der Waals surface area contributed by atoms with E-state index in [0.29, 0.717) is 6.54 Å². The monoisotopic (exact) mass is 328 g/mol. The second-order valence-electron chi connectivity index (χ2n) is 5.19. The molecule has 2 aromatic rings. The number of hydrogen-bond acceptors (Lipinski definition) is 1. The maximum atomic E-state index is 6.02. The van der Waals surface area contributed by atoms with E-state index in [0.717, 1.165) is 28.8 Å². The van der Waals surface area contributed by atoms with Crippen molar-refractivity contribution in [1.29, 1.82) is 0 Å². The van der Waals surface area contributed by atoms with Crippen molar-refractivity contribution < 1.29 is 0 Å². The molecular formula is C18H21ClN4. The Morgan fingerprint density at radius 1 is 1.35 bits per heavy atom. The zero-order valence-electron chi connectivity index (χ0n) is 13.7. The molecule has 0 aliphatic carbocycles. The molecule has 4 nitrogen and oxygen atoms in total. The third-order valence-corrected chi connectivity index (χ3v) is 3.60. The number of nitrogens with one attached hydrogen (secondary N) is 1. The summed E-state index contributed by atoms with van der Waals surface area (Å²) in [5.41, 5.74) is 2.13. The molecule has 0 saturated carbocycles. The minimum absolute atomic E-state index is 0.541. The van der Waals surface area contributed by atoms with Gasteiger partial charge in [-0.05, 0) is 18.2 Å². The Bertz CT molecular complexity index is 722. The predicted octanol–water partition coefficient (Wildman–Crippen LogP) is 2.74. The molecule has 0 fully saturated rings. The second-order valence-corrected chi connectivity index (χ2v) is 5.62. The van der Waals surface area contributed by atoms with Crippen molar-refractivity contribution in [2.75, 3.05) is 20.6 Å². The smallest absolute Gasteiger partial charge is 0.194 e. The quantitative estimate of drug-likeness (QED) is 0.534. The van der Waals surface area contributed by atoms with E-state index in [2.05, 4.69) is 22.2 Å². The molecule has 0 radical (unpaired) electrons. The van der Waals surface area contributed by atoms with Gasteiger partial charge in [-0.25, -0.2) is 0 Å². The largest absolute Gasteiger partial charge is 0.351 e. The molecule has 0 atom stereocenters. The molecule has 1 heterocycles. The first-order chi connectivity index (χ1) is 11.1. The number of aromatic nitrogens is 1. The van der Waals surface area contributed by atoms with Gasteiger partial charge in [0.2, 0.25) is 0 Å². The molecule has 2 rings (SSSR count). The normalized spacial score (nSPS) is 10.9. The van der Waals surface area contributed by atoms with Gasteiger partial charge in [-0.3, -0.25) is 4.99 Å². The van der Waals surface area contributed by atoms with Crippen molar-refractivity contribution in [2.24, 2.45) is 12.0 Å². The van der Waals surface area contributed by atoms with E-state index < -0.39 is 0 Å². The number of halogens is 1. The van der Waals surface area contributed by atoms with E-state index in [9.17, 15) is 0 Å². The predicted molar refractivity (Wildman–Crippen MR) is 96.6 cm³/mol. The summed E-state index contributed by atoms with van der Waals surface area (Å²) in [5.74, 6) is 7.02. The second kappa shape index (κ2) is 8.30. The van der Waals surface area contributed by atoms with Crippen LogP contribution in [0.5, 0.6) is 0 Å².